The number of aromatic nitrogens is 4. The number of nitrogens with zero attached hydrogens (tertiary/aromatic N) is 6. The fraction of sp³-hybridized carbons (Fsp3) is 0.619. The molecule has 32 heavy (non-hydrogen) atoms. The number of alkyl halides is 2. The monoisotopic (exact) mass is 449 g/mol. The van der Waals surface area contributed by atoms with Crippen LogP contribution in [-0.4, -0.2) is 70.5 Å². The number of halogens is 2. The Hall–Kier alpha value is -2.66. The topological polar surface area (TPSA) is 103 Å². The van der Waals surface area contributed by atoms with Crippen molar-refractivity contribution in [3.8, 4) is 11.4 Å². The number of nitrogen functional groups attached to an aromatic ring is 1. The van der Waals surface area contributed by atoms with Crippen molar-refractivity contribution in [2.75, 3.05) is 54.9 Å². The van der Waals surface area contributed by atoms with Crippen LogP contribution in [0.15, 0.2) is 12.3 Å². The normalized spacial score (nSPS) is 20.6. The van der Waals surface area contributed by atoms with E-state index in [2.05, 4.69) is 15.0 Å². The zero-order valence-corrected chi connectivity index (χ0v) is 18.8. The largest absolute Gasteiger partial charge is 0.383 e. The first kappa shape index (κ1) is 22.5. The lowest BCUT2D eigenvalue weighted by molar-refractivity contribution is -0.0285. The molecule has 2 aliphatic rings. The van der Waals surface area contributed by atoms with Gasteiger partial charge in [0.05, 0.1) is 30.0 Å². The second kappa shape index (κ2) is 8.36. The van der Waals surface area contributed by atoms with Gasteiger partial charge in [0.1, 0.15) is 5.82 Å². The van der Waals surface area contributed by atoms with Crippen LogP contribution in [0.4, 0.5) is 26.5 Å². The van der Waals surface area contributed by atoms with Gasteiger partial charge in [0.15, 0.2) is 5.82 Å². The zero-order chi connectivity index (χ0) is 23.1. The number of morpholine rings is 2. The quantitative estimate of drug-likeness (QED) is 0.755. The third-order valence-electron chi connectivity index (χ3n) is 5.47. The molecule has 4 rings (SSSR count). The van der Waals surface area contributed by atoms with Gasteiger partial charge in [-0.3, -0.25) is 0 Å². The van der Waals surface area contributed by atoms with Crippen LogP contribution >= 0.6 is 0 Å². The lowest BCUT2D eigenvalue weighted by Gasteiger charge is -2.40. The molecule has 0 amide bonds. The van der Waals surface area contributed by atoms with Gasteiger partial charge < -0.3 is 25.0 Å². The summed E-state index contributed by atoms with van der Waals surface area (Å²) in [6, 6.07) is 1.29. The van der Waals surface area contributed by atoms with Gasteiger partial charge in [-0.25, -0.2) is 13.8 Å². The van der Waals surface area contributed by atoms with Gasteiger partial charge >= 0.3 is 0 Å². The van der Waals surface area contributed by atoms with Crippen LogP contribution in [0.5, 0.6) is 0 Å². The van der Waals surface area contributed by atoms with Crippen molar-refractivity contribution in [2.45, 2.75) is 45.3 Å². The maximum Gasteiger partial charge on any atom is 0.267 e. The van der Waals surface area contributed by atoms with E-state index < -0.39 is 6.43 Å². The fourth-order valence-electron chi connectivity index (χ4n) is 3.93. The third-order valence-corrected chi connectivity index (χ3v) is 5.47. The summed E-state index contributed by atoms with van der Waals surface area (Å²) in [6.07, 6.45) is -1.33. The van der Waals surface area contributed by atoms with Crippen molar-refractivity contribution in [1.29, 1.82) is 0 Å². The second-order valence-electron chi connectivity index (χ2n) is 9.32. The van der Waals surface area contributed by atoms with Crippen LogP contribution in [-0.2, 0) is 9.47 Å². The lowest BCUT2D eigenvalue weighted by Crippen LogP contribution is -2.50. The highest BCUT2D eigenvalue weighted by Gasteiger charge is 2.32. The van der Waals surface area contributed by atoms with Gasteiger partial charge in [-0.2, -0.15) is 15.0 Å². The van der Waals surface area contributed by atoms with Gasteiger partial charge in [0.25, 0.3) is 6.43 Å². The van der Waals surface area contributed by atoms with Crippen LogP contribution in [0.3, 0.4) is 0 Å². The second-order valence-corrected chi connectivity index (χ2v) is 9.32. The van der Waals surface area contributed by atoms with E-state index in [0.717, 1.165) is 0 Å². The predicted octanol–water partition coefficient (Wildman–Crippen LogP) is 2.68. The molecular formula is C21H29F2N7O2. The highest BCUT2D eigenvalue weighted by molar-refractivity contribution is 5.61. The Labute approximate surface area is 186 Å². The number of pyridine rings is 1. The molecule has 2 fully saturated rings. The molecule has 0 unspecified atom stereocenters. The molecule has 174 valence electrons. The minimum atomic E-state index is -2.75. The molecule has 2 aliphatic heterocycles. The summed E-state index contributed by atoms with van der Waals surface area (Å²) in [6.45, 7) is 11.5. The number of hydrogen-bond acceptors (Lipinski definition) is 9. The molecule has 2 N–H and O–H groups in total. The SMILES string of the molecule is CC1(C)CN(c2nc(-c3cnc(N)c(C(F)F)c3)nc(N3CCOC(C)(C)C3)n2)CCO1. The van der Waals surface area contributed by atoms with Gasteiger partial charge in [-0.05, 0) is 33.8 Å². The first-order chi connectivity index (χ1) is 15.0. The molecule has 0 radical (unpaired) electrons. The molecule has 0 aromatic carbocycles. The van der Waals surface area contributed by atoms with Gasteiger partial charge in [-0.15, -0.1) is 0 Å². The summed E-state index contributed by atoms with van der Waals surface area (Å²) in [4.78, 5) is 22.0. The van der Waals surface area contributed by atoms with Crippen molar-refractivity contribution >= 4 is 17.7 Å². The lowest BCUT2D eigenvalue weighted by atomic mass is 10.1. The Kier molecular flexibility index (Phi) is 5.89. The molecule has 11 heteroatoms. The van der Waals surface area contributed by atoms with Gasteiger partial charge in [0.2, 0.25) is 11.9 Å². The van der Waals surface area contributed by atoms with E-state index in [1.807, 2.05) is 37.5 Å². The first-order valence-electron chi connectivity index (χ1n) is 10.6. The molecule has 2 saturated heterocycles. The average molecular weight is 450 g/mol. The van der Waals surface area contributed by atoms with Crippen LogP contribution < -0.4 is 15.5 Å². The Morgan fingerprint density at radius 3 is 1.94 bits per heavy atom. The third kappa shape index (κ3) is 4.88. The number of nitrogens with two attached hydrogens (primary N) is 1. The Morgan fingerprint density at radius 1 is 0.938 bits per heavy atom. The summed E-state index contributed by atoms with van der Waals surface area (Å²) >= 11 is 0. The molecule has 0 aliphatic carbocycles. The number of hydrogen-bond donors (Lipinski definition) is 1. The summed E-state index contributed by atoms with van der Waals surface area (Å²) in [7, 11) is 0. The molecule has 0 spiro atoms. The summed E-state index contributed by atoms with van der Waals surface area (Å²) < 4.78 is 38.5. The average Bonchev–Trinajstić information content (AvgIpc) is 2.72. The molecule has 0 atom stereocenters. The van der Waals surface area contributed by atoms with Crippen molar-refractivity contribution in [3.63, 3.8) is 0 Å². The molecule has 4 heterocycles. The molecule has 0 bridgehead atoms. The van der Waals surface area contributed by atoms with Crippen molar-refractivity contribution in [1.82, 2.24) is 19.9 Å². The van der Waals surface area contributed by atoms with Crippen molar-refractivity contribution in [2.24, 2.45) is 0 Å². The van der Waals surface area contributed by atoms with Gasteiger partial charge in [0, 0.05) is 37.9 Å². The maximum atomic E-state index is 13.4. The molecule has 2 aromatic heterocycles. The van der Waals surface area contributed by atoms with E-state index in [9.17, 15) is 8.78 Å². The van der Waals surface area contributed by atoms with E-state index in [4.69, 9.17) is 20.2 Å². The number of rotatable bonds is 4. The van der Waals surface area contributed by atoms with E-state index in [1.165, 1.54) is 12.3 Å². The first-order valence-corrected chi connectivity index (χ1v) is 10.6. The van der Waals surface area contributed by atoms with Crippen molar-refractivity contribution in [3.05, 3.63) is 17.8 Å². The highest BCUT2D eigenvalue weighted by Crippen LogP contribution is 2.30. The number of anilines is 3. The van der Waals surface area contributed by atoms with Crippen LogP contribution in [0.25, 0.3) is 11.4 Å². The summed E-state index contributed by atoms with van der Waals surface area (Å²) in [5.41, 5.74) is 4.93. The summed E-state index contributed by atoms with van der Waals surface area (Å²) in [5, 5.41) is 0. The molecule has 2 aromatic rings. The standard InChI is InChI=1S/C21H29F2N7O2/c1-20(2)11-29(5-7-31-20)18-26-17(13-9-14(15(22)23)16(24)25-10-13)27-19(28-18)30-6-8-32-21(3,4)12-30/h9-10,15H,5-8,11-12H2,1-4H3,(H2,24,25). The maximum absolute atomic E-state index is 13.4. The summed E-state index contributed by atoms with van der Waals surface area (Å²) in [5.74, 6) is 1.01. The van der Waals surface area contributed by atoms with E-state index in [0.29, 0.717) is 56.9 Å². The molecular weight excluding hydrogens is 420 g/mol. The van der Waals surface area contributed by atoms with E-state index in [-0.39, 0.29) is 28.4 Å². The Bertz CT molecular complexity index is 940. The molecule has 0 saturated carbocycles. The van der Waals surface area contributed by atoms with E-state index in [1.54, 1.807) is 0 Å². The molecule has 9 nitrogen and oxygen atoms in total. The minimum absolute atomic E-state index is 0.205. The van der Waals surface area contributed by atoms with Crippen molar-refractivity contribution < 1.29 is 18.3 Å². The minimum Gasteiger partial charge on any atom is -0.383 e. The Balaban J connectivity index is 1.78. The van der Waals surface area contributed by atoms with E-state index >= 15 is 0 Å². The number of ether oxygens (including phenoxy) is 2. The predicted molar refractivity (Wildman–Crippen MR) is 117 cm³/mol. The van der Waals surface area contributed by atoms with Crippen LogP contribution in [0, 0.1) is 0 Å². The Morgan fingerprint density at radius 2 is 1.47 bits per heavy atom. The highest BCUT2D eigenvalue weighted by atomic mass is 19.3. The smallest absolute Gasteiger partial charge is 0.267 e. The zero-order valence-electron chi connectivity index (χ0n) is 18.8. The van der Waals surface area contributed by atoms with Crippen LogP contribution in [0.2, 0.25) is 0 Å². The van der Waals surface area contributed by atoms with Crippen LogP contribution in [0.1, 0.15) is 39.7 Å². The van der Waals surface area contributed by atoms with Gasteiger partial charge in [-0.1, -0.05) is 0 Å². The fourth-order valence-corrected chi connectivity index (χ4v) is 3.93.